The smallest absolute Gasteiger partial charge is 0.279 e. The number of carbonyl (C=O) groups excluding carboxylic acids is 1. The number of rotatable bonds is 4. The van der Waals surface area contributed by atoms with E-state index >= 15 is 0 Å². The number of anilines is 1. The molecule has 1 aromatic carbocycles. The molecule has 0 fully saturated rings. The molecule has 2 atom stereocenters. The van der Waals surface area contributed by atoms with Gasteiger partial charge in [-0.25, -0.2) is 0 Å². The first kappa shape index (κ1) is 17.0. The van der Waals surface area contributed by atoms with Gasteiger partial charge < -0.3 is 10.2 Å². The van der Waals surface area contributed by atoms with Crippen LogP contribution in [0.25, 0.3) is 0 Å². The highest BCUT2D eigenvalue weighted by atomic mass is 32.1. The van der Waals surface area contributed by atoms with Crippen molar-refractivity contribution in [1.29, 1.82) is 5.26 Å². The number of quaternary nitrogens is 1. The third-order valence-electron chi connectivity index (χ3n) is 4.66. The first-order chi connectivity index (χ1) is 12.7. The van der Waals surface area contributed by atoms with Gasteiger partial charge in [0.05, 0.1) is 23.1 Å². The summed E-state index contributed by atoms with van der Waals surface area (Å²) in [5.41, 5.74) is 2.58. The van der Waals surface area contributed by atoms with Gasteiger partial charge in [0.15, 0.2) is 6.54 Å². The maximum atomic E-state index is 12.6. The minimum atomic E-state index is -0.0182. The zero-order valence-corrected chi connectivity index (χ0v) is 15.7. The number of hydrogen-bond acceptors (Lipinski definition) is 4. The Morgan fingerprint density at radius 2 is 2.15 bits per heavy atom. The summed E-state index contributed by atoms with van der Waals surface area (Å²) in [7, 11) is 0. The molecule has 0 saturated carbocycles. The molecule has 0 radical (unpaired) electrons. The monoisotopic (exact) mass is 380 g/mol. The number of hydrogen-bond donors (Lipinski definition) is 2. The van der Waals surface area contributed by atoms with Crippen LogP contribution < -0.4 is 10.2 Å². The molecule has 26 heavy (non-hydrogen) atoms. The van der Waals surface area contributed by atoms with Gasteiger partial charge in [0.2, 0.25) is 0 Å². The molecular weight excluding hydrogens is 362 g/mol. The Kier molecular flexibility index (Phi) is 4.85. The Balaban J connectivity index is 1.53. The van der Waals surface area contributed by atoms with Crippen molar-refractivity contribution in [2.75, 3.05) is 18.4 Å². The molecule has 1 amide bonds. The predicted molar refractivity (Wildman–Crippen MR) is 105 cm³/mol. The highest BCUT2D eigenvalue weighted by molar-refractivity contribution is 7.10. The number of nitrogens with zero attached hydrogens (tertiary/aromatic N) is 1. The van der Waals surface area contributed by atoms with E-state index in [0.29, 0.717) is 17.8 Å². The fraction of sp³-hybridized carbons (Fsp3) is 0.200. The van der Waals surface area contributed by atoms with E-state index in [-0.39, 0.29) is 11.9 Å². The summed E-state index contributed by atoms with van der Waals surface area (Å²) in [4.78, 5) is 16.7. The van der Waals surface area contributed by atoms with Crippen molar-refractivity contribution >= 4 is 34.3 Å². The predicted octanol–water partition coefficient (Wildman–Crippen LogP) is 2.85. The second-order valence-electron chi connectivity index (χ2n) is 6.32. The standard InChI is InChI=1S/C20H17N3OS2/c21-12-14-3-1-4-15(11-14)22-19(24)13-23-8-6-17-16(7-10-26-17)20(23)18-5-2-9-25-18/h1-5,7,9-11,20H,6,8,13H2,(H,22,24)/p+1/t20-/m1/s1. The average Bonchev–Trinajstić information content (AvgIpc) is 3.33. The molecule has 2 N–H and O–H groups in total. The fourth-order valence-electron chi connectivity index (χ4n) is 3.53. The summed E-state index contributed by atoms with van der Waals surface area (Å²) in [6.45, 7) is 1.36. The number of nitriles is 1. The Labute approximate surface area is 160 Å². The fourth-order valence-corrected chi connectivity index (χ4v) is 5.35. The van der Waals surface area contributed by atoms with Gasteiger partial charge >= 0.3 is 0 Å². The molecular formula is C20H18N3OS2+. The van der Waals surface area contributed by atoms with Crippen molar-refractivity contribution < 1.29 is 9.69 Å². The van der Waals surface area contributed by atoms with Crippen LogP contribution in [-0.2, 0) is 11.2 Å². The SMILES string of the molecule is N#Cc1cccc(NC(=O)C[NH+]2CCc3sccc3[C@@H]2c2cccs2)c1. The van der Waals surface area contributed by atoms with E-state index in [4.69, 9.17) is 5.26 Å². The number of thiophene rings is 2. The van der Waals surface area contributed by atoms with Crippen LogP contribution in [-0.4, -0.2) is 19.0 Å². The Morgan fingerprint density at radius 1 is 1.23 bits per heavy atom. The van der Waals surface area contributed by atoms with Crippen molar-refractivity contribution in [1.82, 2.24) is 0 Å². The van der Waals surface area contributed by atoms with E-state index in [9.17, 15) is 4.79 Å². The summed E-state index contributed by atoms with van der Waals surface area (Å²) < 4.78 is 0. The van der Waals surface area contributed by atoms with Crippen LogP contribution in [0, 0.1) is 11.3 Å². The van der Waals surface area contributed by atoms with Crippen LogP contribution in [0.15, 0.2) is 53.2 Å². The Hall–Kier alpha value is -2.46. The number of amides is 1. The van der Waals surface area contributed by atoms with Gasteiger partial charge in [-0.1, -0.05) is 12.1 Å². The van der Waals surface area contributed by atoms with Gasteiger partial charge in [0.25, 0.3) is 5.91 Å². The number of carbonyl (C=O) groups is 1. The molecule has 2 aromatic heterocycles. The van der Waals surface area contributed by atoms with Crippen molar-refractivity contribution in [2.24, 2.45) is 0 Å². The lowest BCUT2D eigenvalue weighted by Gasteiger charge is -2.31. The normalized spacial score (nSPS) is 18.7. The van der Waals surface area contributed by atoms with Gasteiger partial charge in [-0.05, 0) is 41.1 Å². The topological polar surface area (TPSA) is 57.3 Å². The summed E-state index contributed by atoms with van der Waals surface area (Å²) >= 11 is 3.57. The maximum Gasteiger partial charge on any atom is 0.279 e. The van der Waals surface area contributed by atoms with Crippen LogP contribution in [0.3, 0.4) is 0 Å². The molecule has 0 bridgehead atoms. The van der Waals surface area contributed by atoms with Crippen molar-refractivity contribution in [2.45, 2.75) is 12.5 Å². The number of fused-ring (bicyclic) bond motifs is 1. The molecule has 0 saturated heterocycles. The van der Waals surface area contributed by atoms with E-state index in [1.807, 2.05) is 17.4 Å². The highest BCUT2D eigenvalue weighted by Gasteiger charge is 2.35. The largest absolute Gasteiger partial charge is 0.321 e. The third kappa shape index (κ3) is 3.42. The Morgan fingerprint density at radius 3 is 2.96 bits per heavy atom. The van der Waals surface area contributed by atoms with Gasteiger partial charge in [-0.15, -0.1) is 22.7 Å². The van der Waals surface area contributed by atoms with Gasteiger partial charge in [-0.3, -0.25) is 4.79 Å². The average molecular weight is 381 g/mol. The molecule has 1 unspecified atom stereocenters. The van der Waals surface area contributed by atoms with Gasteiger partial charge in [-0.2, -0.15) is 5.26 Å². The van der Waals surface area contributed by atoms with E-state index < -0.39 is 0 Å². The molecule has 3 heterocycles. The lowest BCUT2D eigenvalue weighted by molar-refractivity contribution is -0.919. The first-order valence-electron chi connectivity index (χ1n) is 8.49. The van der Waals surface area contributed by atoms with Crippen molar-refractivity contribution in [3.05, 3.63) is 74.1 Å². The highest BCUT2D eigenvalue weighted by Crippen LogP contribution is 2.31. The lowest BCUT2D eigenvalue weighted by Crippen LogP contribution is -3.14. The van der Waals surface area contributed by atoms with Crippen LogP contribution in [0.2, 0.25) is 0 Å². The summed E-state index contributed by atoms with van der Waals surface area (Å²) in [5.74, 6) is -0.0182. The van der Waals surface area contributed by atoms with Crippen molar-refractivity contribution in [3.63, 3.8) is 0 Å². The van der Waals surface area contributed by atoms with Crippen molar-refractivity contribution in [3.8, 4) is 6.07 Å². The molecule has 1 aliphatic rings. The number of benzene rings is 1. The third-order valence-corrected chi connectivity index (χ3v) is 6.60. The molecule has 1 aliphatic heterocycles. The molecule has 130 valence electrons. The summed E-state index contributed by atoms with van der Waals surface area (Å²) in [6.07, 6.45) is 1.02. The van der Waals surface area contributed by atoms with Crippen LogP contribution >= 0.6 is 22.7 Å². The zero-order valence-electron chi connectivity index (χ0n) is 14.1. The van der Waals surface area contributed by atoms with Gasteiger partial charge in [0.1, 0.15) is 6.04 Å². The van der Waals surface area contributed by atoms with Crippen LogP contribution in [0.4, 0.5) is 5.69 Å². The molecule has 0 aliphatic carbocycles. The summed E-state index contributed by atoms with van der Waals surface area (Å²) in [5, 5.41) is 16.2. The Bertz CT molecular complexity index is 956. The second-order valence-corrected chi connectivity index (χ2v) is 8.30. The zero-order chi connectivity index (χ0) is 17.9. The molecule has 3 aromatic rings. The molecule has 0 spiro atoms. The molecule has 6 heteroatoms. The minimum Gasteiger partial charge on any atom is -0.321 e. The minimum absolute atomic E-state index is 0.0182. The van der Waals surface area contributed by atoms with E-state index in [0.717, 1.165) is 13.0 Å². The first-order valence-corrected chi connectivity index (χ1v) is 10.2. The van der Waals surface area contributed by atoms with Crippen LogP contribution in [0.5, 0.6) is 0 Å². The molecule has 4 rings (SSSR count). The van der Waals surface area contributed by atoms with E-state index in [1.165, 1.54) is 20.2 Å². The van der Waals surface area contributed by atoms with Gasteiger partial charge in [0, 0.05) is 22.5 Å². The second kappa shape index (κ2) is 7.42. The van der Waals surface area contributed by atoms with Crippen LogP contribution in [0.1, 0.15) is 26.9 Å². The maximum absolute atomic E-state index is 12.6. The molecule has 4 nitrogen and oxygen atoms in total. The quantitative estimate of drug-likeness (QED) is 0.731. The lowest BCUT2D eigenvalue weighted by atomic mass is 9.98. The van der Waals surface area contributed by atoms with E-state index in [1.54, 1.807) is 29.5 Å². The van der Waals surface area contributed by atoms with E-state index in [2.05, 4.69) is 40.3 Å². The number of nitrogens with one attached hydrogen (secondary N) is 2. The summed E-state index contributed by atoms with van der Waals surface area (Å²) in [6, 6.07) is 15.8.